The summed E-state index contributed by atoms with van der Waals surface area (Å²) in [7, 11) is 0. The van der Waals surface area contributed by atoms with Gasteiger partial charge >= 0.3 is 0 Å². The van der Waals surface area contributed by atoms with E-state index in [-0.39, 0.29) is 23.0 Å². The number of nitrogens with zero attached hydrogens (tertiary/aromatic N) is 2. The SMILES string of the molecule is CC[C@@H](C)N1C(=O)S/C(=C/c2ccc(N3CCCC3)c(F)c2)C1=O. The van der Waals surface area contributed by atoms with Gasteiger partial charge in [-0.1, -0.05) is 13.0 Å². The summed E-state index contributed by atoms with van der Waals surface area (Å²) in [5.74, 6) is -0.574. The molecule has 6 heteroatoms. The number of halogens is 1. The van der Waals surface area contributed by atoms with Gasteiger partial charge < -0.3 is 4.90 Å². The molecule has 3 rings (SSSR count). The number of hydrogen-bond donors (Lipinski definition) is 0. The number of anilines is 1. The monoisotopic (exact) mass is 348 g/mol. The highest BCUT2D eigenvalue weighted by atomic mass is 32.2. The van der Waals surface area contributed by atoms with Crippen molar-refractivity contribution in [1.82, 2.24) is 4.90 Å². The lowest BCUT2D eigenvalue weighted by atomic mass is 10.1. The number of rotatable bonds is 4. The molecule has 0 N–H and O–H groups in total. The molecule has 0 aliphatic carbocycles. The van der Waals surface area contributed by atoms with Crippen molar-refractivity contribution in [2.45, 2.75) is 39.2 Å². The van der Waals surface area contributed by atoms with E-state index in [0.717, 1.165) is 37.7 Å². The van der Waals surface area contributed by atoms with Crippen LogP contribution in [0.2, 0.25) is 0 Å². The van der Waals surface area contributed by atoms with Crippen LogP contribution in [0.4, 0.5) is 14.9 Å². The second kappa shape index (κ2) is 6.97. The molecule has 0 unspecified atom stereocenters. The fourth-order valence-electron chi connectivity index (χ4n) is 3.02. The predicted octanol–water partition coefficient (Wildman–Crippen LogP) is 4.26. The summed E-state index contributed by atoms with van der Waals surface area (Å²) in [5, 5.41) is -0.255. The Morgan fingerprint density at radius 3 is 2.62 bits per heavy atom. The van der Waals surface area contributed by atoms with Crippen molar-refractivity contribution >= 4 is 34.7 Å². The van der Waals surface area contributed by atoms with Crippen molar-refractivity contribution in [1.29, 1.82) is 0 Å². The Labute approximate surface area is 145 Å². The van der Waals surface area contributed by atoms with E-state index >= 15 is 0 Å². The highest BCUT2D eigenvalue weighted by Gasteiger charge is 2.37. The molecule has 2 fully saturated rings. The zero-order valence-corrected chi connectivity index (χ0v) is 14.7. The molecule has 2 saturated heterocycles. The van der Waals surface area contributed by atoms with Gasteiger partial charge in [0.05, 0.1) is 10.6 Å². The van der Waals surface area contributed by atoms with E-state index in [9.17, 15) is 14.0 Å². The fraction of sp³-hybridized carbons (Fsp3) is 0.444. The second-order valence-electron chi connectivity index (χ2n) is 6.21. The van der Waals surface area contributed by atoms with Crippen LogP contribution >= 0.6 is 11.8 Å². The number of carbonyl (C=O) groups is 2. The first-order valence-corrected chi connectivity index (χ1v) is 9.14. The molecule has 0 bridgehead atoms. The number of carbonyl (C=O) groups excluding carboxylic acids is 2. The third-order valence-electron chi connectivity index (χ3n) is 4.57. The Morgan fingerprint density at radius 2 is 2.00 bits per heavy atom. The molecule has 2 heterocycles. The summed E-state index contributed by atoms with van der Waals surface area (Å²) in [5.41, 5.74) is 1.21. The van der Waals surface area contributed by atoms with Crippen molar-refractivity contribution in [2.75, 3.05) is 18.0 Å². The molecule has 0 saturated carbocycles. The van der Waals surface area contributed by atoms with Crippen LogP contribution in [0.1, 0.15) is 38.7 Å². The molecule has 2 aliphatic rings. The largest absolute Gasteiger partial charge is 0.369 e. The zero-order chi connectivity index (χ0) is 17.3. The van der Waals surface area contributed by atoms with E-state index in [2.05, 4.69) is 0 Å². The maximum Gasteiger partial charge on any atom is 0.293 e. The number of amides is 2. The normalized spacial score (nSPS) is 21.2. The summed E-state index contributed by atoms with van der Waals surface area (Å²) in [6.45, 7) is 5.54. The molecule has 1 atom stereocenters. The average molecular weight is 348 g/mol. The van der Waals surface area contributed by atoms with Gasteiger partial charge in [-0.25, -0.2) is 4.39 Å². The Hall–Kier alpha value is -1.82. The minimum atomic E-state index is -0.289. The van der Waals surface area contributed by atoms with Crippen LogP contribution in [0.15, 0.2) is 23.1 Å². The molecule has 0 radical (unpaired) electrons. The van der Waals surface area contributed by atoms with Crippen molar-refractivity contribution < 1.29 is 14.0 Å². The summed E-state index contributed by atoms with van der Waals surface area (Å²) < 4.78 is 14.4. The molecule has 1 aromatic carbocycles. The quantitative estimate of drug-likeness (QED) is 0.762. The Balaban J connectivity index is 1.82. The zero-order valence-electron chi connectivity index (χ0n) is 13.9. The summed E-state index contributed by atoms with van der Waals surface area (Å²) in [6.07, 6.45) is 4.49. The fourth-order valence-corrected chi connectivity index (χ4v) is 3.95. The molecular weight excluding hydrogens is 327 g/mol. The van der Waals surface area contributed by atoms with Gasteiger partial charge in [-0.05, 0) is 61.7 Å². The van der Waals surface area contributed by atoms with Gasteiger partial charge in [0.2, 0.25) is 0 Å². The van der Waals surface area contributed by atoms with Crippen molar-refractivity contribution in [3.63, 3.8) is 0 Å². The van der Waals surface area contributed by atoms with Crippen molar-refractivity contribution in [2.24, 2.45) is 0 Å². The van der Waals surface area contributed by atoms with Crippen molar-refractivity contribution in [3.8, 4) is 0 Å². The number of imide groups is 1. The molecule has 24 heavy (non-hydrogen) atoms. The number of hydrogen-bond acceptors (Lipinski definition) is 4. The standard InChI is InChI=1S/C18H21FN2O2S/c1-3-12(2)21-17(22)16(24-18(21)23)11-13-6-7-15(14(19)10-13)20-8-4-5-9-20/h6-7,10-12H,3-5,8-9H2,1-2H3/b16-11+/t12-/m1/s1. The van der Waals surface area contributed by atoms with Crippen LogP contribution in [-0.4, -0.2) is 35.2 Å². The Kier molecular flexibility index (Phi) is 4.94. The van der Waals surface area contributed by atoms with Crippen LogP contribution in [0.5, 0.6) is 0 Å². The maximum absolute atomic E-state index is 14.4. The number of thioether (sulfide) groups is 1. The Bertz CT molecular complexity index is 698. The topological polar surface area (TPSA) is 40.6 Å². The summed E-state index contributed by atoms with van der Waals surface area (Å²) in [4.78, 5) is 28.1. The van der Waals surface area contributed by atoms with Crippen LogP contribution in [0.3, 0.4) is 0 Å². The van der Waals surface area contributed by atoms with Crippen molar-refractivity contribution in [3.05, 3.63) is 34.5 Å². The highest BCUT2D eigenvalue weighted by molar-refractivity contribution is 8.18. The third-order valence-corrected chi connectivity index (χ3v) is 5.46. The van der Waals surface area contributed by atoms with Gasteiger partial charge in [-0.2, -0.15) is 0 Å². The van der Waals surface area contributed by atoms with Gasteiger partial charge in [-0.15, -0.1) is 0 Å². The van der Waals surface area contributed by atoms with Gasteiger partial charge in [0.25, 0.3) is 11.1 Å². The van der Waals surface area contributed by atoms with Crippen LogP contribution in [0, 0.1) is 5.82 Å². The van der Waals surface area contributed by atoms with E-state index in [1.807, 2.05) is 18.7 Å². The smallest absolute Gasteiger partial charge is 0.293 e. The maximum atomic E-state index is 14.4. The molecule has 2 aliphatic heterocycles. The lowest BCUT2D eigenvalue weighted by Gasteiger charge is -2.19. The van der Waals surface area contributed by atoms with E-state index in [1.54, 1.807) is 18.2 Å². The first-order valence-electron chi connectivity index (χ1n) is 8.33. The van der Waals surface area contributed by atoms with E-state index in [0.29, 0.717) is 22.6 Å². The first-order chi connectivity index (χ1) is 11.5. The van der Waals surface area contributed by atoms with Gasteiger partial charge in [0, 0.05) is 19.1 Å². The average Bonchev–Trinajstić information content (AvgIpc) is 3.16. The summed E-state index contributed by atoms with van der Waals surface area (Å²) in [6, 6.07) is 4.86. The molecule has 1 aromatic rings. The number of benzene rings is 1. The summed E-state index contributed by atoms with van der Waals surface area (Å²) >= 11 is 0.921. The van der Waals surface area contributed by atoms with Crippen LogP contribution in [0.25, 0.3) is 6.08 Å². The molecule has 0 spiro atoms. The first kappa shape index (κ1) is 17.0. The lowest BCUT2D eigenvalue weighted by molar-refractivity contribution is -0.124. The van der Waals surface area contributed by atoms with Gasteiger partial charge in [-0.3, -0.25) is 14.5 Å². The predicted molar refractivity (Wildman–Crippen MR) is 95.4 cm³/mol. The lowest BCUT2D eigenvalue weighted by Crippen LogP contribution is -2.36. The van der Waals surface area contributed by atoms with Crippen LogP contribution in [-0.2, 0) is 4.79 Å². The molecule has 128 valence electrons. The third kappa shape index (κ3) is 3.20. The molecular formula is C18H21FN2O2S. The highest BCUT2D eigenvalue weighted by Crippen LogP contribution is 2.34. The Morgan fingerprint density at radius 1 is 1.29 bits per heavy atom. The minimum Gasteiger partial charge on any atom is -0.369 e. The van der Waals surface area contributed by atoms with E-state index < -0.39 is 0 Å². The van der Waals surface area contributed by atoms with E-state index in [1.165, 1.54) is 11.0 Å². The van der Waals surface area contributed by atoms with Crippen LogP contribution < -0.4 is 4.90 Å². The molecule has 0 aromatic heterocycles. The van der Waals surface area contributed by atoms with Gasteiger partial charge in [0.1, 0.15) is 5.82 Å². The van der Waals surface area contributed by atoms with Gasteiger partial charge in [0.15, 0.2) is 0 Å². The molecule has 2 amide bonds. The second-order valence-corrected chi connectivity index (χ2v) is 7.21. The van der Waals surface area contributed by atoms with E-state index in [4.69, 9.17) is 0 Å². The minimum absolute atomic E-state index is 0.127. The molecule has 4 nitrogen and oxygen atoms in total.